The molecule has 0 bridgehead atoms. The number of aromatic nitrogens is 2. The van der Waals surface area contributed by atoms with Crippen molar-refractivity contribution in [2.45, 2.75) is 13.8 Å². The lowest BCUT2D eigenvalue weighted by Gasteiger charge is -2.10. The summed E-state index contributed by atoms with van der Waals surface area (Å²) in [6, 6.07) is 6.20. The SMILES string of the molecule is Cc1cccc(C)c1Nc1cnccn1. The molecule has 0 spiro atoms. The Labute approximate surface area is 89.2 Å². The van der Waals surface area contributed by atoms with Crippen LogP contribution in [0.3, 0.4) is 0 Å². The molecular formula is C12H13N3. The van der Waals surface area contributed by atoms with Gasteiger partial charge in [0.2, 0.25) is 0 Å². The summed E-state index contributed by atoms with van der Waals surface area (Å²) in [6.45, 7) is 4.15. The second kappa shape index (κ2) is 4.09. The van der Waals surface area contributed by atoms with E-state index >= 15 is 0 Å². The minimum absolute atomic E-state index is 0.773. The number of nitrogens with zero attached hydrogens (tertiary/aromatic N) is 2. The summed E-state index contributed by atoms with van der Waals surface area (Å²) in [7, 11) is 0. The monoisotopic (exact) mass is 199 g/mol. The standard InChI is InChI=1S/C12H13N3/c1-9-4-3-5-10(2)12(9)15-11-8-13-6-7-14-11/h3-8H,1-2H3,(H,14,15). The number of para-hydroxylation sites is 1. The summed E-state index contributed by atoms with van der Waals surface area (Å²) in [6.07, 6.45) is 5.05. The summed E-state index contributed by atoms with van der Waals surface area (Å²) < 4.78 is 0. The smallest absolute Gasteiger partial charge is 0.148 e. The van der Waals surface area contributed by atoms with E-state index in [1.165, 1.54) is 11.1 Å². The highest BCUT2D eigenvalue weighted by Gasteiger charge is 2.02. The third-order valence-corrected chi connectivity index (χ3v) is 2.30. The molecule has 0 aliphatic rings. The maximum Gasteiger partial charge on any atom is 0.148 e. The molecule has 0 radical (unpaired) electrons. The van der Waals surface area contributed by atoms with Crippen LogP contribution in [0.25, 0.3) is 0 Å². The van der Waals surface area contributed by atoms with Crippen LogP contribution >= 0.6 is 0 Å². The summed E-state index contributed by atoms with van der Waals surface area (Å²) in [4.78, 5) is 8.20. The maximum absolute atomic E-state index is 4.18. The van der Waals surface area contributed by atoms with Crippen molar-refractivity contribution in [2.24, 2.45) is 0 Å². The summed E-state index contributed by atoms with van der Waals surface area (Å²) in [5.74, 6) is 0.773. The number of nitrogens with one attached hydrogen (secondary N) is 1. The Morgan fingerprint density at radius 2 is 1.80 bits per heavy atom. The largest absolute Gasteiger partial charge is 0.339 e. The third kappa shape index (κ3) is 2.13. The highest BCUT2D eigenvalue weighted by atomic mass is 15.0. The number of hydrogen-bond acceptors (Lipinski definition) is 3. The number of anilines is 2. The van der Waals surface area contributed by atoms with Gasteiger partial charge in [0, 0.05) is 18.1 Å². The first-order chi connectivity index (χ1) is 7.27. The minimum atomic E-state index is 0.773. The molecule has 0 amide bonds. The van der Waals surface area contributed by atoms with Gasteiger partial charge in [0.25, 0.3) is 0 Å². The van der Waals surface area contributed by atoms with E-state index in [2.05, 4.69) is 41.3 Å². The van der Waals surface area contributed by atoms with Crippen LogP contribution < -0.4 is 5.32 Å². The molecule has 76 valence electrons. The van der Waals surface area contributed by atoms with Gasteiger partial charge < -0.3 is 5.32 Å². The molecule has 0 unspecified atom stereocenters. The van der Waals surface area contributed by atoms with Crippen LogP contribution in [0.2, 0.25) is 0 Å². The van der Waals surface area contributed by atoms with Crippen molar-refractivity contribution in [1.29, 1.82) is 0 Å². The van der Waals surface area contributed by atoms with E-state index in [1.54, 1.807) is 18.6 Å². The topological polar surface area (TPSA) is 37.8 Å². The highest BCUT2D eigenvalue weighted by Crippen LogP contribution is 2.22. The van der Waals surface area contributed by atoms with E-state index in [0.29, 0.717) is 0 Å². The van der Waals surface area contributed by atoms with Crippen LogP contribution in [0.15, 0.2) is 36.8 Å². The molecule has 0 saturated carbocycles. The fraction of sp³-hybridized carbons (Fsp3) is 0.167. The van der Waals surface area contributed by atoms with Crippen molar-refractivity contribution in [1.82, 2.24) is 9.97 Å². The lowest BCUT2D eigenvalue weighted by atomic mass is 10.1. The van der Waals surface area contributed by atoms with Crippen LogP contribution in [0, 0.1) is 13.8 Å². The van der Waals surface area contributed by atoms with E-state index < -0.39 is 0 Å². The average molecular weight is 199 g/mol. The number of rotatable bonds is 2. The number of benzene rings is 1. The predicted octanol–water partition coefficient (Wildman–Crippen LogP) is 2.84. The molecule has 1 N–H and O–H groups in total. The van der Waals surface area contributed by atoms with Gasteiger partial charge in [-0.05, 0) is 25.0 Å². The molecule has 2 aromatic rings. The van der Waals surface area contributed by atoms with Gasteiger partial charge in [-0.15, -0.1) is 0 Å². The Balaban J connectivity index is 2.32. The van der Waals surface area contributed by atoms with Crippen molar-refractivity contribution >= 4 is 11.5 Å². The van der Waals surface area contributed by atoms with E-state index in [-0.39, 0.29) is 0 Å². The normalized spacial score (nSPS) is 10.0. The second-order valence-electron chi connectivity index (χ2n) is 3.48. The van der Waals surface area contributed by atoms with Crippen molar-refractivity contribution in [3.05, 3.63) is 47.9 Å². The zero-order chi connectivity index (χ0) is 10.7. The highest BCUT2D eigenvalue weighted by molar-refractivity contribution is 5.63. The predicted molar refractivity (Wildman–Crippen MR) is 61.2 cm³/mol. The van der Waals surface area contributed by atoms with Crippen LogP contribution in [-0.2, 0) is 0 Å². The second-order valence-corrected chi connectivity index (χ2v) is 3.48. The molecule has 3 nitrogen and oxygen atoms in total. The van der Waals surface area contributed by atoms with E-state index in [1.807, 2.05) is 6.07 Å². The first kappa shape index (κ1) is 9.65. The minimum Gasteiger partial charge on any atom is -0.339 e. The molecule has 1 heterocycles. The first-order valence-corrected chi connectivity index (χ1v) is 4.86. The third-order valence-electron chi connectivity index (χ3n) is 2.30. The van der Waals surface area contributed by atoms with Gasteiger partial charge in [0.15, 0.2) is 0 Å². The van der Waals surface area contributed by atoms with Gasteiger partial charge in [0.1, 0.15) is 5.82 Å². The lowest BCUT2D eigenvalue weighted by Crippen LogP contribution is -1.97. The molecule has 1 aromatic heterocycles. The molecular weight excluding hydrogens is 186 g/mol. The molecule has 0 fully saturated rings. The number of aryl methyl sites for hydroxylation is 2. The molecule has 2 rings (SSSR count). The van der Waals surface area contributed by atoms with Gasteiger partial charge in [-0.25, -0.2) is 4.98 Å². The fourth-order valence-corrected chi connectivity index (χ4v) is 1.50. The van der Waals surface area contributed by atoms with Gasteiger partial charge in [-0.3, -0.25) is 4.98 Å². The molecule has 0 aliphatic carbocycles. The van der Waals surface area contributed by atoms with Crippen molar-refractivity contribution in [3.8, 4) is 0 Å². The van der Waals surface area contributed by atoms with Crippen molar-refractivity contribution in [2.75, 3.05) is 5.32 Å². The van der Waals surface area contributed by atoms with Gasteiger partial charge in [0.05, 0.1) is 6.20 Å². The van der Waals surface area contributed by atoms with Crippen molar-refractivity contribution in [3.63, 3.8) is 0 Å². The van der Waals surface area contributed by atoms with Crippen LogP contribution in [0.1, 0.15) is 11.1 Å². The molecule has 0 aliphatic heterocycles. The molecule has 3 heteroatoms. The lowest BCUT2D eigenvalue weighted by molar-refractivity contribution is 1.19. The Kier molecular flexibility index (Phi) is 2.63. The van der Waals surface area contributed by atoms with E-state index in [4.69, 9.17) is 0 Å². The molecule has 0 saturated heterocycles. The van der Waals surface area contributed by atoms with Gasteiger partial charge >= 0.3 is 0 Å². The fourth-order valence-electron chi connectivity index (χ4n) is 1.50. The summed E-state index contributed by atoms with van der Waals surface area (Å²) >= 11 is 0. The zero-order valence-corrected chi connectivity index (χ0v) is 8.86. The van der Waals surface area contributed by atoms with Gasteiger partial charge in [-0.1, -0.05) is 18.2 Å². The van der Waals surface area contributed by atoms with Gasteiger partial charge in [-0.2, -0.15) is 0 Å². The Morgan fingerprint density at radius 3 is 2.40 bits per heavy atom. The zero-order valence-electron chi connectivity index (χ0n) is 8.86. The molecule has 1 aromatic carbocycles. The van der Waals surface area contributed by atoms with E-state index in [0.717, 1.165) is 11.5 Å². The first-order valence-electron chi connectivity index (χ1n) is 4.86. The maximum atomic E-state index is 4.18. The Bertz CT molecular complexity index is 431. The average Bonchev–Trinajstić information content (AvgIpc) is 2.25. The van der Waals surface area contributed by atoms with Crippen molar-refractivity contribution < 1.29 is 0 Å². The van der Waals surface area contributed by atoms with Crippen LogP contribution in [0.5, 0.6) is 0 Å². The quantitative estimate of drug-likeness (QED) is 0.808. The Morgan fingerprint density at radius 1 is 1.07 bits per heavy atom. The molecule has 0 atom stereocenters. The Hall–Kier alpha value is -1.90. The number of hydrogen-bond donors (Lipinski definition) is 1. The van der Waals surface area contributed by atoms with Crippen LogP contribution in [0.4, 0.5) is 11.5 Å². The summed E-state index contributed by atoms with van der Waals surface area (Å²) in [5.41, 5.74) is 3.53. The molecule has 15 heavy (non-hydrogen) atoms. The van der Waals surface area contributed by atoms with E-state index in [9.17, 15) is 0 Å². The summed E-state index contributed by atoms with van der Waals surface area (Å²) in [5, 5.41) is 3.27. The van der Waals surface area contributed by atoms with Crippen LogP contribution in [-0.4, -0.2) is 9.97 Å².